The van der Waals surface area contributed by atoms with E-state index < -0.39 is 0 Å². The Bertz CT molecular complexity index is 631. The Morgan fingerprint density at radius 2 is 2.10 bits per heavy atom. The molecule has 0 saturated heterocycles. The highest BCUT2D eigenvalue weighted by Gasteiger charge is 2.33. The van der Waals surface area contributed by atoms with Gasteiger partial charge in [0.1, 0.15) is 0 Å². The van der Waals surface area contributed by atoms with Gasteiger partial charge in [-0.15, -0.1) is 5.10 Å². The average Bonchev–Trinajstić information content (AvgIpc) is 3.12. The van der Waals surface area contributed by atoms with Crippen molar-refractivity contribution < 1.29 is 0 Å². The zero-order valence-corrected chi connectivity index (χ0v) is 13.0. The molecule has 0 unspecified atom stereocenters. The van der Waals surface area contributed by atoms with Gasteiger partial charge < -0.3 is 5.73 Å². The van der Waals surface area contributed by atoms with Crippen LogP contribution >= 0.6 is 11.6 Å². The highest BCUT2D eigenvalue weighted by atomic mass is 35.5. The van der Waals surface area contributed by atoms with E-state index in [1.54, 1.807) is 6.07 Å². The van der Waals surface area contributed by atoms with E-state index in [4.69, 9.17) is 17.3 Å². The summed E-state index contributed by atoms with van der Waals surface area (Å²) < 4.78 is 1.91. The maximum absolute atomic E-state index is 6.11. The van der Waals surface area contributed by atoms with Crippen molar-refractivity contribution in [3.05, 3.63) is 23.2 Å². The van der Waals surface area contributed by atoms with Crippen molar-refractivity contribution >= 4 is 17.3 Å². The number of halogens is 1. The molecule has 0 bridgehead atoms. The molecule has 1 heterocycles. The van der Waals surface area contributed by atoms with Crippen LogP contribution in [-0.2, 0) is 6.54 Å². The van der Waals surface area contributed by atoms with E-state index in [1.807, 2.05) is 16.8 Å². The van der Waals surface area contributed by atoms with Crippen LogP contribution in [0.3, 0.4) is 0 Å². The first-order chi connectivity index (χ1) is 10.1. The first-order valence-electron chi connectivity index (χ1n) is 7.45. The van der Waals surface area contributed by atoms with Gasteiger partial charge in [-0.25, -0.2) is 4.68 Å². The van der Waals surface area contributed by atoms with E-state index in [0.29, 0.717) is 16.1 Å². The maximum Gasteiger partial charge on any atom is 0.182 e. The average molecular weight is 306 g/mol. The van der Waals surface area contributed by atoms with E-state index in [9.17, 15) is 0 Å². The van der Waals surface area contributed by atoms with Gasteiger partial charge in [0.25, 0.3) is 0 Å². The van der Waals surface area contributed by atoms with Crippen LogP contribution in [0.15, 0.2) is 18.2 Å². The molecule has 1 aromatic heterocycles. The van der Waals surface area contributed by atoms with Crippen molar-refractivity contribution in [2.45, 2.75) is 45.6 Å². The summed E-state index contributed by atoms with van der Waals surface area (Å²) >= 11 is 6.11. The number of aromatic nitrogens is 4. The highest BCUT2D eigenvalue weighted by molar-refractivity contribution is 6.33. The van der Waals surface area contributed by atoms with Crippen molar-refractivity contribution in [1.82, 2.24) is 20.2 Å². The van der Waals surface area contributed by atoms with Crippen molar-refractivity contribution in [2.75, 3.05) is 5.73 Å². The zero-order valence-electron chi connectivity index (χ0n) is 12.2. The number of anilines is 1. The third-order valence-electron chi connectivity index (χ3n) is 4.69. The van der Waals surface area contributed by atoms with Gasteiger partial charge >= 0.3 is 0 Å². The predicted octanol–water partition coefficient (Wildman–Crippen LogP) is 3.55. The molecule has 0 aliphatic heterocycles. The van der Waals surface area contributed by atoms with Crippen LogP contribution in [0, 0.1) is 5.41 Å². The molecule has 6 heteroatoms. The SMILES string of the molecule is CCC1(Cn2nnnc2-c2ccc(N)c(Cl)c2)CCCC1. The molecule has 2 N–H and O–H groups in total. The first kappa shape index (κ1) is 14.3. The number of rotatable bonds is 4. The van der Waals surface area contributed by atoms with Crippen LogP contribution in [-0.4, -0.2) is 20.2 Å². The molecular weight excluding hydrogens is 286 g/mol. The molecule has 0 spiro atoms. The fraction of sp³-hybridized carbons (Fsp3) is 0.533. The molecule has 1 aliphatic carbocycles. The van der Waals surface area contributed by atoms with Gasteiger partial charge in [0.15, 0.2) is 5.82 Å². The lowest BCUT2D eigenvalue weighted by molar-refractivity contribution is 0.226. The van der Waals surface area contributed by atoms with Gasteiger partial charge in [-0.1, -0.05) is 31.4 Å². The van der Waals surface area contributed by atoms with Crippen molar-refractivity contribution in [1.29, 1.82) is 0 Å². The molecule has 3 rings (SSSR count). The fourth-order valence-corrected chi connectivity index (χ4v) is 3.43. The maximum atomic E-state index is 6.11. The van der Waals surface area contributed by atoms with Crippen LogP contribution in [0.4, 0.5) is 5.69 Å². The lowest BCUT2D eigenvalue weighted by Gasteiger charge is -2.27. The van der Waals surface area contributed by atoms with Crippen LogP contribution in [0.2, 0.25) is 5.02 Å². The fourth-order valence-electron chi connectivity index (χ4n) is 3.25. The van der Waals surface area contributed by atoms with E-state index >= 15 is 0 Å². The summed E-state index contributed by atoms with van der Waals surface area (Å²) in [4.78, 5) is 0. The predicted molar refractivity (Wildman–Crippen MR) is 83.9 cm³/mol. The van der Waals surface area contributed by atoms with Crippen molar-refractivity contribution in [3.8, 4) is 11.4 Å². The van der Waals surface area contributed by atoms with Gasteiger partial charge in [0.05, 0.1) is 17.3 Å². The molecule has 0 amide bonds. The second kappa shape index (κ2) is 5.64. The highest BCUT2D eigenvalue weighted by Crippen LogP contribution is 2.42. The summed E-state index contributed by atoms with van der Waals surface area (Å²) in [6.45, 7) is 3.13. The normalized spacial score (nSPS) is 17.2. The van der Waals surface area contributed by atoms with Crippen LogP contribution in [0.1, 0.15) is 39.0 Å². The third-order valence-corrected chi connectivity index (χ3v) is 5.02. The van der Waals surface area contributed by atoms with Crippen LogP contribution < -0.4 is 5.73 Å². The largest absolute Gasteiger partial charge is 0.398 e. The summed E-state index contributed by atoms with van der Waals surface area (Å²) in [5.74, 6) is 0.761. The molecule has 2 aromatic rings. The summed E-state index contributed by atoms with van der Waals surface area (Å²) in [7, 11) is 0. The second-order valence-corrected chi connectivity index (χ2v) is 6.36. The topological polar surface area (TPSA) is 69.6 Å². The van der Waals surface area contributed by atoms with E-state index in [0.717, 1.165) is 24.4 Å². The Labute approximate surface area is 129 Å². The summed E-state index contributed by atoms with van der Waals surface area (Å²) in [5.41, 5.74) is 7.58. The summed E-state index contributed by atoms with van der Waals surface area (Å²) in [5, 5.41) is 12.7. The quantitative estimate of drug-likeness (QED) is 0.877. The molecule has 1 aliphatic rings. The number of nitrogens with zero attached hydrogens (tertiary/aromatic N) is 4. The molecule has 0 atom stereocenters. The Hall–Kier alpha value is -1.62. The lowest BCUT2D eigenvalue weighted by Crippen LogP contribution is -2.24. The Balaban J connectivity index is 1.91. The minimum atomic E-state index is 0.335. The van der Waals surface area contributed by atoms with Crippen molar-refractivity contribution in [3.63, 3.8) is 0 Å². The number of hydrogen-bond donors (Lipinski definition) is 1. The number of benzene rings is 1. The molecule has 21 heavy (non-hydrogen) atoms. The summed E-state index contributed by atoms with van der Waals surface area (Å²) in [6.07, 6.45) is 6.28. The molecule has 5 nitrogen and oxygen atoms in total. The van der Waals surface area contributed by atoms with Crippen molar-refractivity contribution in [2.24, 2.45) is 5.41 Å². The van der Waals surface area contributed by atoms with Gasteiger partial charge in [-0.05, 0) is 53.3 Å². The minimum absolute atomic E-state index is 0.335. The number of tetrazole rings is 1. The van der Waals surface area contributed by atoms with Gasteiger partial charge in [-0.2, -0.15) is 0 Å². The molecule has 1 fully saturated rings. The Kier molecular flexibility index (Phi) is 3.85. The Morgan fingerprint density at radius 1 is 1.33 bits per heavy atom. The smallest absolute Gasteiger partial charge is 0.182 e. The second-order valence-electron chi connectivity index (χ2n) is 5.96. The monoisotopic (exact) mass is 305 g/mol. The van der Waals surface area contributed by atoms with E-state index in [-0.39, 0.29) is 0 Å². The molecule has 1 saturated carbocycles. The van der Waals surface area contributed by atoms with Crippen LogP contribution in [0.5, 0.6) is 0 Å². The molecule has 112 valence electrons. The first-order valence-corrected chi connectivity index (χ1v) is 7.83. The van der Waals surface area contributed by atoms with Gasteiger partial charge in [0.2, 0.25) is 0 Å². The standard InChI is InChI=1S/C15H20ClN5/c1-2-15(7-3-4-8-15)10-21-14(18-19-20-21)11-5-6-13(17)12(16)9-11/h5-6,9H,2-4,7-8,10,17H2,1H3. The van der Waals surface area contributed by atoms with Crippen LogP contribution in [0.25, 0.3) is 11.4 Å². The Morgan fingerprint density at radius 3 is 2.76 bits per heavy atom. The molecule has 0 radical (unpaired) electrons. The van der Waals surface area contributed by atoms with E-state index in [2.05, 4.69) is 22.4 Å². The van der Waals surface area contributed by atoms with E-state index in [1.165, 1.54) is 25.7 Å². The number of nitrogen functional groups attached to an aromatic ring is 1. The van der Waals surface area contributed by atoms with Gasteiger partial charge in [-0.3, -0.25) is 0 Å². The molecule has 1 aromatic carbocycles. The third kappa shape index (κ3) is 2.75. The zero-order chi connectivity index (χ0) is 14.9. The molecular formula is C15H20ClN5. The minimum Gasteiger partial charge on any atom is -0.398 e. The van der Waals surface area contributed by atoms with Gasteiger partial charge in [0, 0.05) is 5.56 Å². The number of nitrogens with two attached hydrogens (primary N) is 1. The number of hydrogen-bond acceptors (Lipinski definition) is 4. The lowest BCUT2D eigenvalue weighted by atomic mass is 9.83. The summed E-state index contributed by atoms with van der Waals surface area (Å²) in [6, 6.07) is 5.53.